The van der Waals surface area contributed by atoms with Gasteiger partial charge in [0.25, 0.3) is 0 Å². The average Bonchev–Trinajstić information content (AvgIpc) is 2.88. The third-order valence-electron chi connectivity index (χ3n) is 5.12. The topological polar surface area (TPSA) is 26.3 Å². The first-order chi connectivity index (χ1) is 8.74. The summed E-state index contributed by atoms with van der Waals surface area (Å²) in [5.74, 6) is 2.48. The summed E-state index contributed by atoms with van der Waals surface area (Å²) in [7, 11) is 0. The Morgan fingerprint density at radius 2 is 1.72 bits per heavy atom. The highest BCUT2D eigenvalue weighted by atomic mass is 16.5. The van der Waals surface area contributed by atoms with Gasteiger partial charge in [0.2, 0.25) is 0 Å². The predicted octanol–water partition coefficient (Wildman–Crippen LogP) is 3.71. The number of ether oxygens (including phenoxy) is 1. The Bertz CT molecular complexity index is 359. The summed E-state index contributed by atoms with van der Waals surface area (Å²) in [6.07, 6.45) is 7.73. The van der Waals surface area contributed by atoms with E-state index in [-0.39, 0.29) is 11.9 Å². The van der Waals surface area contributed by atoms with Gasteiger partial charge < -0.3 is 4.74 Å². The summed E-state index contributed by atoms with van der Waals surface area (Å²) in [6, 6.07) is 0. The molecule has 3 aliphatic carbocycles. The van der Waals surface area contributed by atoms with Crippen molar-refractivity contribution in [1.82, 2.24) is 0 Å². The van der Waals surface area contributed by atoms with Crippen LogP contribution in [0.4, 0.5) is 0 Å². The van der Waals surface area contributed by atoms with Crippen molar-refractivity contribution in [2.75, 3.05) is 6.61 Å². The fourth-order valence-corrected chi connectivity index (χ4v) is 4.28. The lowest BCUT2D eigenvalue weighted by Crippen LogP contribution is -2.08. The number of hydrogen-bond donors (Lipinski definition) is 0. The minimum absolute atomic E-state index is 0.0683. The molecule has 3 aliphatic rings. The molecule has 0 aromatic rings. The SMILES string of the molecule is CCCC1CC2=C(C1)CC1C(C2)C1C(=O)OCC. The zero-order valence-electron chi connectivity index (χ0n) is 11.6. The highest BCUT2D eigenvalue weighted by Gasteiger charge is 2.57. The van der Waals surface area contributed by atoms with Crippen molar-refractivity contribution in [1.29, 1.82) is 0 Å². The summed E-state index contributed by atoms with van der Waals surface area (Å²) in [5, 5.41) is 0. The van der Waals surface area contributed by atoms with Crippen LogP contribution in [-0.2, 0) is 9.53 Å². The quantitative estimate of drug-likeness (QED) is 0.560. The highest BCUT2D eigenvalue weighted by molar-refractivity contribution is 5.77. The standard InChI is InChI=1S/C16H24O2/c1-3-5-10-6-11-8-13-14(9-12(11)7-10)15(13)16(17)18-4-2/h10,13-15H,3-9H2,1-2H3. The van der Waals surface area contributed by atoms with E-state index in [0.29, 0.717) is 18.4 Å². The molecule has 100 valence electrons. The Morgan fingerprint density at radius 1 is 1.11 bits per heavy atom. The molecule has 0 spiro atoms. The molecule has 1 fully saturated rings. The molecule has 0 bridgehead atoms. The smallest absolute Gasteiger partial charge is 0.309 e. The van der Waals surface area contributed by atoms with Crippen LogP contribution in [0.1, 0.15) is 52.4 Å². The number of esters is 1. The lowest BCUT2D eigenvalue weighted by atomic mass is 9.94. The van der Waals surface area contributed by atoms with E-state index >= 15 is 0 Å². The lowest BCUT2D eigenvalue weighted by Gasteiger charge is -2.11. The van der Waals surface area contributed by atoms with E-state index in [0.717, 1.165) is 5.92 Å². The highest BCUT2D eigenvalue weighted by Crippen LogP contribution is 2.60. The third-order valence-corrected chi connectivity index (χ3v) is 5.12. The van der Waals surface area contributed by atoms with Crippen molar-refractivity contribution in [2.24, 2.45) is 23.7 Å². The van der Waals surface area contributed by atoms with Crippen molar-refractivity contribution < 1.29 is 9.53 Å². The number of carbonyl (C=O) groups is 1. The first-order valence-corrected chi connectivity index (χ1v) is 7.61. The summed E-state index contributed by atoms with van der Waals surface area (Å²) in [6.45, 7) is 4.71. The monoisotopic (exact) mass is 248 g/mol. The normalized spacial score (nSPS) is 37.2. The molecule has 0 saturated heterocycles. The zero-order chi connectivity index (χ0) is 12.7. The number of carbonyl (C=O) groups excluding carboxylic acids is 1. The predicted molar refractivity (Wildman–Crippen MR) is 71.0 cm³/mol. The fraction of sp³-hybridized carbons (Fsp3) is 0.812. The van der Waals surface area contributed by atoms with Gasteiger partial charge in [0.15, 0.2) is 0 Å². The van der Waals surface area contributed by atoms with Crippen molar-refractivity contribution in [2.45, 2.75) is 52.4 Å². The number of hydrogen-bond acceptors (Lipinski definition) is 2. The third kappa shape index (κ3) is 2.00. The summed E-state index contributed by atoms with van der Waals surface area (Å²) < 4.78 is 5.18. The van der Waals surface area contributed by atoms with Crippen molar-refractivity contribution in [3.8, 4) is 0 Å². The van der Waals surface area contributed by atoms with Gasteiger partial charge in [-0.1, -0.05) is 30.9 Å². The van der Waals surface area contributed by atoms with Gasteiger partial charge in [0, 0.05) is 0 Å². The fourth-order valence-electron chi connectivity index (χ4n) is 4.28. The molecule has 0 heterocycles. The molecular weight excluding hydrogens is 224 g/mol. The molecule has 2 atom stereocenters. The second kappa shape index (κ2) is 4.71. The van der Waals surface area contributed by atoms with Crippen molar-refractivity contribution >= 4 is 5.97 Å². The van der Waals surface area contributed by atoms with Gasteiger partial charge in [-0.15, -0.1) is 0 Å². The van der Waals surface area contributed by atoms with Crippen LogP contribution in [0.15, 0.2) is 11.1 Å². The Labute approximate surface area is 110 Å². The second-order valence-electron chi connectivity index (χ2n) is 6.28. The summed E-state index contributed by atoms with van der Waals surface area (Å²) in [4.78, 5) is 11.8. The van der Waals surface area contributed by atoms with Crippen LogP contribution in [0, 0.1) is 23.7 Å². The van der Waals surface area contributed by atoms with E-state index in [1.807, 2.05) is 6.92 Å². The molecule has 0 radical (unpaired) electrons. The van der Waals surface area contributed by atoms with Crippen LogP contribution >= 0.6 is 0 Å². The van der Waals surface area contributed by atoms with Crippen LogP contribution < -0.4 is 0 Å². The first kappa shape index (κ1) is 12.3. The maximum absolute atomic E-state index is 11.8. The molecule has 18 heavy (non-hydrogen) atoms. The number of rotatable bonds is 4. The Hall–Kier alpha value is -0.790. The van der Waals surface area contributed by atoms with E-state index in [1.54, 1.807) is 11.1 Å². The molecule has 0 N–H and O–H groups in total. The molecule has 0 amide bonds. The maximum Gasteiger partial charge on any atom is 0.309 e. The van der Waals surface area contributed by atoms with Gasteiger partial charge in [-0.05, 0) is 50.4 Å². The maximum atomic E-state index is 11.8. The molecule has 2 unspecified atom stereocenters. The first-order valence-electron chi connectivity index (χ1n) is 7.61. The molecule has 2 heteroatoms. The molecule has 1 saturated carbocycles. The molecule has 0 aromatic carbocycles. The summed E-state index contributed by atoms with van der Waals surface area (Å²) >= 11 is 0. The van der Waals surface area contributed by atoms with E-state index in [2.05, 4.69) is 6.92 Å². The minimum atomic E-state index is 0.0683. The van der Waals surface area contributed by atoms with Crippen LogP contribution in [0.5, 0.6) is 0 Å². The van der Waals surface area contributed by atoms with Crippen LogP contribution in [0.2, 0.25) is 0 Å². The van der Waals surface area contributed by atoms with Crippen molar-refractivity contribution in [3.05, 3.63) is 11.1 Å². The van der Waals surface area contributed by atoms with Crippen LogP contribution in [0.3, 0.4) is 0 Å². The molecule has 0 aliphatic heterocycles. The Balaban J connectivity index is 1.57. The van der Waals surface area contributed by atoms with Crippen molar-refractivity contribution in [3.63, 3.8) is 0 Å². The van der Waals surface area contributed by atoms with Crippen LogP contribution in [0.25, 0.3) is 0 Å². The summed E-state index contributed by atoms with van der Waals surface area (Å²) in [5.41, 5.74) is 3.42. The minimum Gasteiger partial charge on any atom is -0.466 e. The van der Waals surface area contributed by atoms with E-state index in [9.17, 15) is 4.79 Å². The van der Waals surface area contributed by atoms with E-state index in [1.165, 1.54) is 38.5 Å². The van der Waals surface area contributed by atoms with Gasteiger partial charge in [-0.25, -0.2) is 0 Å². The van der Waals surface area contributed by atoms with Gasteiger partial charge in [-0.2, -0.15) is 0 Å². The Kier molecular flexibility index (Phi) is 3.21. The van der Waals surface area contributed by atoms with Gasteiger partial charge in [0.1, 0.15) is 0 Å². The molecule has 3 rings (SSSR count). The van der Waals surface area contributed by atoms with Gasteiger partial charge >= 0.3 is 5.97 Å². The molecule has 2 nitrogen and oxygen atoms in total. The number of allylic oxidation sites excluding steroid dienone is 2. The Morgan fingerprint density at radius 3 is 2.22 bits per heavy atom. The zero-order valence-corrected chi connectivity index (χ0v) is 11.6. The largest absolute Gasteiger partial charge is 0.466 e. The van der Waals surface area contributed by atoms with Gasteiger partial charge in [0.05, 0.1) is 12.5 Å². The van der Waals surface area contributed by atoms with E-state index < -0.39 is 0 Å². The van der Waals surface area contributed by atoms with E-state index in [4.69, 9.17) is 4.74 Å². The number of fused-ring (bicyclic) bond motifs is 1. The average molecular weight is 248 g/mol. The van der Waals surface area contributed by atoms with Gasteiger partial charge in [-0.3, -0.25) is 4.79 Å². The second-order valence-corrected chi connectivity index (χ2v) is 6.28. The van der Waals surface area contributed by atoms with Crippen LogP contribution in [-0.4, -0.2) is 12.6 Å². The lowest BCUT2D eigenvalue weighted by molar-refractivity contribution is -0.145. The molecule has 0 aromatic heterocycles. The molecular formula is C16H24O2.